The van der Waals surface area contributed by atoms with E-state index in [0.717, 1.165) is 12.8 Å². The molecule has 1 aromatic rings. The van der Waals surface area contributed by atoms with Crippen molar-refractivity contribution in [3.8, 4) is 0 Å². The minimum atomic E-state index is -0.779. The second-order valence-electron chi connectivity index (χ2n) is 4.70. The molecule has 1 aliphatic carbocycles. The summed E-state index contributed by atoms with van der Waals surface area (Å²) in [5.41, 5.74) is 0.363. The maximum absolute atomic E-state index is 11.9. The van der Waals surface area contributed by atoms with Gasteiger partial charge in [-0.3, -0.25) is 14.6 Å². The van der Waals surface area contributed by atoms with Gasteiger partial charge in [-0.15, -0.1) is 0 Å². The van der Waals surface area contributed by atoms with Gasteiger partial charge < -0.3 is 10.4 Å². The van der Waals surface area contributed by atoms with Crippen molar-refractivity contribution in [2.45, 2.75) is 19.3 Å². The van der Waals surface area contributed by atoms with Gasteiger partial charge in [-0.05, 0) is 24.8 Å². The molecule has 1 heterocycles. The lowest BCUT2D eigenvalue weighted by molar-refractivity contribution is -0.142. The molecule has 6 heteroatoms. The Morgan fingerprint density at radius 3 is 2.95 bits per heavy atom. The number of pyridine rings is 1. The van der Waals surface area contributed by atoms with Crippen molar-refractivity contribution in [3.63, 3.8) is 0 Å². The van der Waals surface area contributed by atoms with Crippen molar-refractivity contribution in [1.82, 2.24) is 10.3 Å². The zero-order chi connectivity index (χ0) is 13.8. The molecule has 0 saturated heterocycles. The summed E-state index contributed by atoms with van der Waals surface area (Å²) in [5.74, 6) is -1.42. The van der Waals surface area contributed by atoms with E-state index < -0.39 is 5.97 Å². The molecule has 1 aliphatic rings. The second kappa shape index (κ2) is 6.02. The Balaban J connectivity index is 1.94. The zero-order valence-electron chi connectivity index (χ0n) is 10.3. The topological polar surface area (TPSA) is 79.3 Å². The van der Waals surface area contributed by atoms with E-state index in [2.05, 4.69) is 10.3 Å². The van der Waals surface area contributed by atoms with E-state index in [9.17, 15) is 9.59 Å². The van der Waals surface area contributed by atoms with Gasteiger partial charge in [-0.25, -0.2) is 0 Å². The van der Waals surface area contributed by atoms with E-state index in [4.69, 9.17) is 16.7 Å². The van der Waals surface area contributed by atoms with Crippen molar-refractivity contribution >= 4 is 23.5 Å². The molecule has 2 rings (SSSR count). The summed E-state index contributed by atoms with van der Waals surface area (Å²) in [6.07, 6.45) is 5.32. The van der Waals surface area contributed by atoms with Gasteiger partial charge in [-0.2, -0.15) is 0 Å². The molecule has 5 nitrogen and oxygen atoms in total. The van der Waals surface area contributed by atoms with Crippen LogP contribution in [0.25, 0.3) is 0 Å². The number of nitrogens with one attached hydrogen (secondary N) is 1. The van der Waals surface area contributed by atoms with Gasteiger partial charge >= 0.3 is 5.97 Å². The maximum Gasteiger partial charge on any atom is 0.306 e. The van der Waals surface area contributed by atoms with Crippen molar-refractivity contribution in [1.29, 1.82) is 0 Å². The first-order valence-corrected chi connectivity index (χ1v) is 6.58. The van der Waals surface area contributed by atoms with Crippen LogP contribution in [0.4, 0.5) is 0 Å². The third kappa shape index (κ3) is 3.23. The molecule has 0 radical (unpaired) electrons. The van der Waals surface area contributed by atoms with E-state index in [-0.39, 0.29) is 17.7 Å². The summed E-state index contributed by atoms with van der Waals surface area (Å²) in [5, 5.41) is 12.1. The first-order valence-electron chi connectivity index (χ1n) is 6.20. The molecule has 1 aromatic heterocycles. The molecular formula is C13H15ClN2O3. The summed E-state index contributed by atoms with van der Waals surface area (Å²) in [4.78, 5) is 26.8. The van der Waals surface area contributed by atoms with Crippen LogP contribution in [0, 0.1) is 11.8 Å². The Morgan fingerprint density at radius 2 is 2.26 bits per heavy atom. The largest absolute Gasteiger partial charge is 0.481 e. The van der Waals surface area contributed by atoms with Crippen LogP contribution >= 0.6 is 11.6 Å². The van der Waals surface area contributed by atoms with Crippen molar-refractivity contribution in [3.05, 3.63) is 29.0 Å². The van der Waals surface area contributed by atoms with Crippen LogP contribution in [0.3, 0.4) is 0 Å². The molecule has 0 bridgehead atoms. The Morgan fingerprint density at radius 1 is 1.47 bits per heavy atom. The zero-order valence-corrected chi connectivity index (χ0v) is 11.1. The van der Waals surface area contributed by atoms with Gasteiger partial charge in [0.25, 0.3) is 5.91 Å². The minimum Gasteiger partial charge on any atom is -0.481 e. The van der Waals surface area contributed by atoms with E-state index in [1.165, 1.54) is 12.4 Å². The quantitative estimate of drug-likeness (QED) is 0.885. The Kier molecular flexibility index (Phi) is 4.37. The van der Waals surface area contributed by atoms with Crippen molar-refractivity contribution < 1.29 is 14.7 Å². The fourth-order valence-electron chi connectivity index (χ4n) is 2.48. The molecule has 0 aromatic carbocycles. The summed E-state index contributed by atoms with van der Waals surface area (Å²) >= 11 is 5.88. The average Bonchev–Trinajstić information content (AvgIpc) is 2.85. The highest BCUT2D eigenvalue weighted by atomic mass is 35.5. The first kappa shape index (κ1) is 13.8. The number of aliphatic carboxylic acids is 1. The van der Waals surface area contributed by atoms with Crippen LogP contribution in [-0.2, 0) is 4.79 Å². The molecule has 19 heavy (non-hydrogen) atoms. The van der Waals surface area contributed by atoms with Crippen LogP contribution < -0.4 is 5.32 Å². The number of carbonyl (C=O) groups excluding carboxylic acids is 1. The normalized spacial score (nSPS) is 22.2. The Bertz CT molecular complexity index is 493. The fraction of sp³-hybridized carbons (Fsp3) is 0.462. The van der Waals surface area contributed by atoms with E-state index in [1.807, 2.05) is 0 Å². The number of hydrogen-bond acceptors (Lipinski definition) is 3. The molecule has 1 saturated carbocycles. The predicted molar refractivity (Wildman–Crippen MR) is 70.0 cm³/mol. The summed E-state index contributed by atoms with van der Waals surface area (Å²) < 4.78 is 0. The third-order valence-corrected chi connectivity index (χ3v) is 3.82. The van der Waals surface area contributed by atoms with Crippen LogP contribution in [0.15, 0.2) is 18.5 Å². The number of carboxylic acid groups (broad SMARTS) is 1. The Hall–Kier alpha value is -1.62. The lowest BCUT2D eigenvalue weighted by Gasteiger charge is -2.16. The molecule has 2 unspecified atom stereocenters. The molecule has 0 spiro atoms. The number of aromatic nitrogens is 1. The smallest absolute Gasteiger partial charge is 0.306 e. The molecule has 0 aliphatic heterocycles. The lowest BCUT2D eigenvalue weighted by Crippen LogP contribution is -2.33. The average molecular weight is 283 g/mol. The van der Waals surface area contributed by atoms with Gasteiger partial charge in [-0.1, -0.05) is 18.0 Å². The standard InChI is InChI=1S/C13H15ClN2O3/c14-11-7-15-5-4-10(11)12(17)16-6-8-2-1-3-9(8)13(18)19/h4-5,7-9H,1-3,6H2,(H,16,17)(H,18,19). The fourth-order valence-corrected chi connectivity index (χ4v) is 2.69. The van der Waals surface area contributed by atoms with E-state index in [0.29, 0.717) is 23.6 Å². The van der Waals surface area contributed by atoms with Gasteiger partial charge in [0, 0.05) is 18.9 Å². The highest BCUT2D eigenvalue weighted by Gasteiger charge is 2.32. The first-order chi connectivity index (χ1) is 9.09. The minimum absolute atomic E-state index is 0.00191. The number of amides is 1. The molecule has 1 fully saturated rings. The number of carbonyl (C=O) groups is 2. The van der Waals surface area contributed by atoms with Gasteiger partial charge in [0.1, 0.15) is 0 Å². The lowest BCUT2D eigenvalue weighted by atomic mass is 9.96. The van der Waals surface area contributed by atoms with Crippen molar-refractivity contribution in [2.75, 3.05) is 6.54 Å². The summed E-state index contributed by atoms with van der Waals surface area (Å²) in [6, 6.07) is 1.54. The number of nitrogens with zero attached hydrogens (tertiary/aromatic N) is 1. The van der Waals surface area contributed by atoms with Crippen LogP contribution in [0.2, 0.25) is 5.02 Å². The number of hydrogen-bond donors (Lipinski definition) is 2. The predicted octanol–water partition coefficient (Wildman–Crippen LogP) is 1.97. The SMILES string of the molecule is O=C(NCC1CCCC1C(=O)O)c1ccncc1Cl. The molecule has 1 amide bonds. The number of halogens is 1. The molecule has 2 atom stereocenters. The van der Waals surface area contributed by atoms with E-state index >= 15 is 0 Å². The monoisotopic (exact) mass is 282 g/mol. The molecule has 102 valence electrons. The van der Waals surface area contributed by atoms with Crippen LogP contribution in [-0.4, -0.2) is 28.5 Å². The summed E-state index contributed by atoms with van der Waals surface area (Å²) in [6.45, 7) is 0.369. The van der Waals surface area contributed by atoms with Crippen molar-refractivity contribution in [2.24, 2.45) is 11.8 Å². The highest BCUT2D eigenvalue weighted by molar-refractivity contribution is 6.33. The van der Waals surface area contributed by atoms with E-state index in [1.54, 1.807) is 6.07 Å². The summed E-state index contributed by atoms with van der Waals surface area (Å²) in [7, 11) is 0. The second-order valence-corrected chi connectivity index (χ2v) is 5.11. The molecular weight excluding hydrogens is 268 g/mol. The Labute approximate surface area is 116 Å². The number of rotatable bonds is 4. The van der Waals surface area contributed by atoms with Gasteiger partial charge in [0.2, 0.25) is 0 Å². The highest BCUT2D eigenvalue weighted by Crippen LogP contribution is 2.31. The van der Waals surface area contributed by atoms with Crippen LogP contribution in [0.1, 0.15) is 29.6 Å². The van der Waals surface area contributed by atoms with Gasteiger partial charge in [0.05, 0.1) is 16.5 Å². The molecule has 2 N–H and O–H groups in total. The van der Waals surface area contributed by atoms with Crippen LogP contribution in [0.5, 0.6) is 0 Å². The maximum atomic E-state index is 11.9. The third-order valence-electron chi connectivity index (χ3n) is 3.52. The number of carboxylic acids is 1. The van der Waals surface area contributed by atoms with Gasteiger partial charge in [0.15, 0.2) is 0 Å².